The minimum Gasteiger partial charge on any atom is -0.382 e. The Kier molecular flexibility index (Phi) is 3.67. The number of benzene rings is 1. The van der Waals surface area contributed by atoms with Crippen LogP contribution in [-0.2, 0) is 0 Å². The summed E-state index contributed by atoms with van der Waals surface area (Å²) in [4.78, 5) is 4.18. The van der Waals surface area contributed by atoms with E-state index in [1.807, 2.05) is 13.0 Å². The molecule has 1 N–H and O–H groups in total. The van der Waals surface area contributed by atoms with Crippen LogP contribution in [-0.4, -0.2) is 10.1 Å². The van der Waals surface area contributed by atoms with Crippen LogP contribution in [0.2, 0.25) is 10.0 Å². The Bertz CT molecular complexity index is 525. The number of rotatable bonds is 2. The van der Waals surface area contributed by atoms with Gasteiger partial charge < -0.3 is 5.11 Å². The van der Waals surface area contributed by atoms with Gasteiger partial charge >= 0.3 is 0 Å². The average Bonchev–Trinajstić information content (AvgIpc) is 2.33. The summed E-state index contributed by atoms with van der Waals surface area (Å²) in [5.41, 5.74) is 2.32. The topological polar surface area (TPSA) is 33.1 Å². The highest BCUT2D eigenvalue weighted by molar-refractivity contribution is 6.42. The second-order valence-corrected chi connectivity index (χ2v) is 4.65. The number of aliphatic hydroxyl groups excluding tert-OH is 1. The molecule has 0 aliphatic carbocycles. The average molecular weight is 268 g/mol. The summed E-state index contributed by atoms with van der Waals surface area (Å²) in [6, 6.07) is 8.75. The van der Waals surface area contributed by atoms with Crippen molar-refractivity contribution in [1.29, 1.82) is 0 Å². The minimum atomic E-state index is -0.787. The molecule has 0 saturated heterocycles. The Labute approximate surface area is 110 Å². The maximum absolute atomic E-state index is 10.1. The molecule has 2 rings (SSSR count). The van der Waals surface area contributed by atoms with E-state index in [1.165, 1.54) is 0 Å². The summed E-state index contributed by atoms with van der Waals surface area (Å²) in [6.07, 6.45) is 0.932. The van der Waals surface area contributed by atoms with Gasteiger partial charge in [-0.1, -0.05) is 35.3 Å². The van der Waals surface area contributed by atoms with Gasteiger partial charge in [0.1, 0.15) is 6.10 Å². The van der Waals surface area contributed by atoms with E-state index < -0.39 is 6.10 Å². The highest BCUT2D eigenvalue weighted by Gasteiger charge is 2.12. The second-order valence-electron chi connectivity index (χ2n) is 3.84. The molecule has 0 aliphatic heterocycles. The first-order valence-corrected chi connectivity index (χ1v) is 5.89. The van der Waals surface area contributed by atoms with Gasteiger partial charge in [-0.2, -0.15) is 0 Å². The van der Waals surface area contributed by atoms with Gasteiger partial charge in [0.15, 0.2) is 0 Å². The van der Waals surface area contributed by atoms with E-state index in [0.29, 0.717) is 21.3 Å². The lowest BCUT2D eigenvalue weighted by atomic mass is 10.1. The number of halogens is 2. The molecule has 1 heterocycles. The van der Waals surface area contributed by atoms with Crippen molar-refractivity contribution < 1.29 is 5.11 Å². The molecule has 0 radical (unpaired) electrons. The molecule has 2 aromatic rings. The number of aryl methyl sites for hydroxylation is 1. The van der Waals surface area contributed by atoms with Gasteiger partial charge in [0, 0.05) is 6.20 Å². The molecular formula is C13H11Cl2NO. The Morgan fingerprint density at radius 1 is 1.12 bits per heavy atom. The molecule has 1 unspecified atom stereocenters. The summed E-state index contributed by atoms with van der Waals surface area (Å²) in [5.74, 6) is 0. The van der Waals surface area contributed by atoms with E-state index in [9.17, 15) is 5.11 Å². The molecule has 88 valence electrons. The van der Waals surface area contributed by atoms with Gasteiger partial charge in [-0.15, -0.1) is 0 Å². The zero-order chi connectivity index (χ0) is 12.4. The number of pyridine rings is 1. The summed E-state index contributed by atoms with van der Waals surface area (Å²) in [5, 5.41) is 11.0. The molecule has 1 atom stereocenters. The second kappa shape index (κ2) is 5.05. The Hall–Kier alpha value is -1.09. The lowest BCUT2D eigenvalue weighted by Gasteiger charge is -2.11. The van der Waals surface area contributed by atoms with Gasteiger partial charge in [-0.05, 0) is 36.2 Å². The largest absolute Gasteiger partial charge is 0.382 e. The fourth-order valence-corrected chi connectivity index (χ4v) is 1.80. The van der Waals surface area contributed by atoms with Crippen LogP contribution in [0.4, 0.5) is 0 Å². The van der Waals surface area contributed by atoms with Crippen LogP contribution in [0, 0.1) is 6.92 Å². The van der Waals surface area contributed by atoms with Crippen molar-refractivity contribution in [2.75, 3.05) is 0 Å². The maximum atomic E-state index is 10.1. The SMILES string of the molecule is Cc1ccc(C(O)c2ccc(Cl)c(Cl)c2)nc1. The minimum absolute atomic E-state index is 0.426. The lowest BCUT2D eigenvalue weighted by molar-refractivity contribution is 0.215. The van der Waals surface area contributed by atoms with Crippen molar-refractivity contribution in [3.8, 4) is 0 Å². The van der Waals surface area contributed by atoms with Crippen LogP contribution in [0.15, 0.2) is 36.5 Å². The maximum Gasteiger partial charge on any atom is 0.121 e. The van der Waals surface area contributed by atoms with E-state index in [-0.39, 0.29) is 0 Å². The third kappa shape index (κ3) is 2.78. The standard InChI is InChI=1S/C13H11Cl2NO/c1-8-2-5-12(16-7-8)13(17)9-3-4-10(14)11(15)6-9/h2-7,13,17H,1H3. The number of aliphatic hydroxyl groups is 1. The molecule has 0 bridgehead atoms. The third-order valence-electron chi connectivity index (χ3n) is 2.47. The fraction of sp³-hybridized carbons (Fsp3) is 0.154. The predicted molar refractivity (Wildman–Crippen MR) is 69.5 cm³/mol. The van der Waals surface area contributed by atoms with E-state index in [4.69, 9.17) is 23.2 Å². The van der Waals surface area contributed by atoms with Crippen LogP contribution in [0.5, 0.6) is 0 Å². The molecule has 4 heteroatoms. The first-order chi connectivity index (χ1) is 8.08. The number of hydrogen-bond acceptors (Lipinski definition) is 2. The highest BCUT2D eigenvalue weighted by Crippen LogP contribution is 2.28. The Morgan fingerprint density at radius 2 is 1.88 bits per heavy atom. The van der Waals surface area contributed by atoms with E-state index in [1.54, 1.807) is 30.5 Å². The molecule has 0 fully saturated rings. The lowest BCUT2D eigenvalue weighted by Crippen LogP contribution is -2.02. The normalized spacial score (nSPS) is 12.5. The zero-order valence-corrected chi connectivity index (χ0v) is 10.7. The van der Waals surface area contributed by atoms with Gasteiger partial charge in [-0.3, -0.25) is 4.98 Å². The van der Waals surface area contributed by atoms with Crippen LogP contribution < -0.4 is 0 Å². The van der Waals surface area contributed by atoms with Crippen molar-refractivity contribution in [1.82, 2.24) is 4.98 Å². The van der Waals surface area contributed by atoms with E-state index >= 15 is 0 Å². The van der Waals surface area contributed by atoms with Crippen molar-refractivity contribution in [2.45, 2.75) is 13.0 Å². The number of aromatic nitrogens is 1. The molecule has 0 spiro atoms. The van der Waals surface area contributed by atoms with E-state index in [2.05, 4.69) is 4.98 Å². The first kappa shape index (κ1) is 12.4. The third-order valence-corrected chi connectivity index (χ3v) is 3.21. The van der Waals surface area contributed by atoms with E-state index in [0.717, 1.165) is 5.56 Å². The summed E-state index contributed by atoms with van der Waals surface area (Å²) >= 11 is 11.7. The van der Waals surface area contributed by atoms with Crippen molar-refractivity contribution >= 4 is 23.2 Å². The fourth-order valence-electron chi connectivity index (χ4n) is 1.49. The molecule has 0 amide bonds. The summed E-state index contributed by atoms with van der Waals surface area (Å²) in [6.45, 7) is 1.95. The molecular weight excluding hydrogens is 257 g/mol. The molecule has 1 aromatic carbocycles. The van der Waals surface area contributed by atoms with Gasteiger partial charge in [0.2, 0.25) is 0 Å². The van der Waals surface area contributed by atoms with Crippen molar-refractivity contribution in [2.24, 2.45) is 0 Å². The highest BCUT2D eigenvalue weighted by atomic mass is 35.5. The molecule has 0 aliphatic rings. The van der Waals surface area contributed by atoms with Gasteiger partial charge in [-0.25, -0.2) is 0 Å². The van der Waals surface area contributed by atoms with Crippen molar-refractivity contribution in [3.63, 3.8) is 0 Å². The van der Waals surface area contributed by atoms with Crippen LogP contribution in [0.1, 0.15) is 22.9 Å². The van der Waals surface area contributed by atoms with Crippen molar-refractivity contribution in [3.05, 3.63) is 63.4 Å². The zero-order valence-electron chi connectivity index (χ0n) is 9.19. The smallest absolute Gasteiger partial charge is 0.121 e. The molecule has 2 nitrogen and oxygen atoms in total. The molecule has 0 saturated carbocycles. The van der Waals surface area contributed by atoms with Crippen LogP contribution >= 0.6 is 23.2 Å². The predicted octanol–water partition coefficient (Wildman–Crippen LogP) is 3.78. The Morgan fingerprint density at radius 3 is 2.47 bits per heavy atom. The van der Waals surface area contributed by atoms with Gasteiger partial charge in [0.25, 0.3) is 0 Å². The number of nitrogens with zero attached hydrogens (tertiary/aromatic N) is 1. The molecule has 1 aromatic heterocycles. The summed E-state index contributed by atoms with van der Waals surface area (Å²) < 4.78 is 0. The quantitative estimate of drug-likeness (QED) is 0.899. The van der Waals surface area contributed by atoms with Crippen LogP contribution in [0.25, 0.3) is 0 Å². The summed E-state index contributed by atoms with van der Waals surface area (Å²) in [7, 11) is 0. The number of hydrogen-bond donors (Lipinski definition) is 1. The van der Waals surface area contributed by atoms with Gasteiger partial charge in [0.05, 0.1) is 15.7 Å². The monoisotopic (exact) mass is 267 g/mol. The van der Waals surface area contributed by atoms with Crippen LogP contribution in [0.3, 0.4) is 0 Å². The molecule has 17 heavy (non-hydrogen) atoms. The first-order valence-electron chi connectivity index (χ1n) is 5.13. The Balaban J connectivity index is 2.33.